The molecule has 1 amide bonds. The Balaban J connectivity index is 2.00. The monoisotopic (exact) mass is 383 g/mol. The molecule has 0 spiro atoms. The summed E-state index contributed by atoms with van der Waals surface area (Å²) >= 11 is 0. The number of nitrogens with one attached hydrogen (secondary N) is 1. The van der Waals surface area contributed by atoms with Gasteiger partial charge in [0.25, 0.3) is 0 Å². The van der Waals surface area contributed by atoms with E-state index in [4.69, 9.17) is 9.47 Å². The summed E-state index contributed by atoms with van der Waals surface area (Å²) < 4.78 is 10.7. The van der Waals surface area contributed by atoms with Gasteiger partial charge in [0.15, 0.2) is 0 Å². The van der Waals surface area contributed by atoms with Crippen molar-refractivity contribution in [1.29, 1.82) is 0 Å². The Labute approximate surface area is 167 Å². The lowest BCUT2D eigenvalue weighted by Gasteiger charge is -2.23. The first kappa shape index (κ1) is 21.5. The van der Waals surface area contributed by atoms with Gasteiger partial charge in [0.2, 0.25) is 0 Å². The van der Waals surface area contributed by atoms with Crippen molar-refractivity contribution in [2.75, 3.05) is 0 Å². The summed E-state index contributed by atoms with van der Waals surface area (Å²) in [6, 6.07) is 16.8. The fraction of sp³-hybridized carbons (Fsp3) is 0.391. The summed E-state index contributed by atoms with van der Waals surface area (Å²) in [5.41, 5.74) is 2.52. The molecule has 2 rings (SSSR count). The first-order valence-corrected chi connectivity index (χ1v) is 9.48. The number of amides is 1. The van der Waals surface area contributed by atoms with Crippen LogP contribution in [0.1, 0.15) is 43.9 Å². The molecule has 0 aliphatic carbocycles. The van der Waals surface area contributed by atoms with Gasteiger partial charge in [-0.1, -0.05) is 60.2 Å². The Hall–Kier alpha value is -2.82. The fourth-order valence-electron chi connectivity index (χ4n) is 2.59. The van der Waals surface area contributed by atoms with E-state index in [1.54, 1.807) is 20.8 Å². The molecule has 1 N–H and O–H groups in total. The van der Waals surface area contributed by atoms with Crippen molar-refractivity contribution in [3.8, 4) is 0 Å². The number of hydrogen-bond acceptors (Lipinski definition) is 4. The standard InChI is InChI=1S/C23H29NO4/c1-17-10-12-18(13-11-17)14-15-20(24-22(26)28-23(2,3)4)21(25)27-16-19-8-6-5-7-9-19/h5-13,20H,14-16H2,1-4H3,(H,24,26)/t20-/m0/s1. The normalized spacial score (nSPS) is 12.1. The molecule has 0 aliphatic rings. The molecular formula is C23H29NO4. The van der Waals surface area contributed by atoms with Crippen LogP contribution in [0.25, 0.3) is 0 Å². The maximum Gasteiger partial charge on any atom is 0.408 e. The molecule has 0 radical (unpaired) electrons. The number of carbonyl (C=O) groups excluding carboxylic acids is 2. The topological polar surface area (TPSA) is 64.6 Å². The Kier molecular flexibility index (Phi) is 7.61. The molecule has 150 valence electrons. The zero-order valence-electron chi connectivity index (χ0n) is 17.0. The molecule has 0 heterocycles. The van der Waals surface area contributed by atoms with E-state index in [1.807, 2.05) is 61.5 Å². The van der Waals surface area contributed by atoms with Gasteiger partial charge in [-0.2, -0.15) is 0 Å². The Morgan fingerprint density at radius 2 is 1.61 bits per heavy atom. The van der Waals surface area contributed by atoms with Crippen LogP contribution in [-0.4, -0.2) is 23.7 Å². The molecule has 5 nitrogen and oxygen atoms in total. The van der Waals surface area contributed by atoms with Crippen molar-refractivity contribution in [3.05, 3.63) is 71.3 Å². The van der Waals surface area contributed by atoms with Crippen LogP contribution in [0.3, 0.4) is 0 Å². The molecule has 0 aromatic heterocycles. The third-order valence-corrected chi connectivity index (χ3v) is 4.04. The van der Waals surface area contributed by atoms with Gasteiger partial charge in [-0.3, -0.25) is 0 Å². The molecule has 0 aliphatic heterocycles. The smallest absolute Gasteiger partial charge is 0.408 e. The minimum Gasteiger partial charge on any atom is -0.459 e. The number of benzene rings is 2. The predicted octanol–water partition coefficient (Wildman–Crippen LogP) is 4.56. The zero-order chi connectivity index (χ0) is 20.6. The molecule has 5 heteroatoms. The summed E-state index contributed by atoms with van der Waals surface area (Å²) in [5.74, 6) is -0.471. The van der Waals surface area contributed by atoms with Gasteiger partial charge < -0.3 is 14.8 Å². The lowest BCUT2D eigenvalue weighted by molar-refractivity contribution is -0.147. The number of rotatable bonds is 7. The highest BCUT2D eigenvalue weighted by atomic mass is 16.6. The van der Waals surface area contributed by atoms with Gasteiger partial charge >= 0.3 is 12.1 Å². The number of hydrogen-bond donors (Lipinski definition) is 1. The highest BCUT2D eigenvalue weighted by Gasteiger charge is 2.25. The molecule has 2 aromatic rings. The number of ether oxygens (including phenoxy) is 2. The van der Waals surface area contributed by atoms with Gasteiger partial charge in [0, 0.05) is 0 Å². The van der Waals surface area contributed by atoms with E-state index in [9.17, 15) is 9.59 Å². The van der Waals surface area contributed by atoms with Crippen molar-refractivity contribution in [2.24, 2.45) is 0 Å². The number of aryl methyl sites for hydroxylation is 2. The average Bonchev–Trinajstić information content (AvgIpc) is 2.64. The van der Waals surface area contributed by atoms with Crippen LogP contribution in [0, 0.1) is 6.92 Å². The minimum atomic E-state index is -0.778. The first-order chi connectivity index (χ1) is 13.2. The maximum absolute atomic E-state index is 12.6. The van der Waals surface area contributed by atoms with Crippen LogP contribution in [0.2, 0.25) is 0 Å². The lowest BCUT2D eigenvalue weighted by Crippen LogP contribution is -2.44. The first-order valence-electron chi connectivity index (χ1n) is 9.48. The number of esters is 1. The fourth-order valence-corrected chi connectivity index (χ4v) is 2.59. The molecule has 28 heavy (non-hydrogen) atoms. The SMILES string of the molecule is Cc1ccc(CC[C@H](NC(=O)OC(C)(C)C)C(=O)OCc2ccccc2)cc1. The van der Waals surface area contributed by atoms with Crippen LogP contribution < -0.4 is 5.32 Å². The average molecular weight is 383 g/mol. The van der Waals surface area contributed by atoms with Gasteiger partial charge in [-0.15, -0.1) is 0 Å². The molecule has 0 unspecified atom stereocenters. The largest absolute Gasteiger partial charge is 0.459 e. The predicted molar refractivity (Wildman–Crippen MR) is 109 cm³/mol. The van der Waals surface area contributed by atoms with Crippen LogP contribution in [0.5, 0.6) is 0 Å². The van der Waals surface area contributed by atoms with E-state index in [1.165, 1.54) is 5.56 Å². The summed E-state index contributed by atoms with van der Waals surface area (Å²) in [4.78, 5) is 24.8. The van der Waals surface area contributed by atoms with Crippen molar-refractivity contribution in [1.82, 2.24) is 5.32 Å². The van der Waals surface area contributed by atoms with Crippen LogP contribution in [0.15, 0.2) is 54.6 Å². The number of alkyl carbamates (subject to hydrolysis) is 1. The highest BCUT2D eigenvalue weighted by Crippen LogP contribution is 2.12. The van der Waals surface area contributed by atoms with E-state index < -0.39 is 23.7 Å². The Morgan fingerprint density at radius 3 is 2.21 bits per heavy atom. The van der Waals surface area contributed by atoms with Crippen molar-refractivity contribution >= 4 is 12.1 Å². The summed E-state index contributed by atoms with van der Waals surface area (Å²) in [6.45, 7) is 7.53. The second kappa shape index (κ2) is 9.93. The van der Waals surface area contributed by atoms with E-state index >= 15 is 0 Å². The molecular weight excluding hydrogens is 354 g/mol. The van der Waals surface area contributed by atoms with Crippen molar-refractivity contribution in [3.63, 3.8) is 0 Å². The van der Waals surface area contributed by atoms with E-state index in [0.29, 0.717) is 12.8 Å². The highest BCUT2D eigenvalue weighted by molar-refractivity contribution is 5.81. The van der Waals surface area contributed by atoms with Gasteiger partial charge in [0.1, 0.15) is 18.2 Å². The minimum absolute atomic E-state index is 0.163. The van der Waals surface area contributed by atoms with Crippen LogP contribution in [0.4, 0.5) is 4.79 Å². The zero-order valence-corrected chi connectivity index (χ0v) is 17.0. The Morgan fingerprint density at radius 1 is 0.964 bits per heavy atom. The van der Waals surface area contributed by atoms with Crippen molar-refractivity contribution in [2.45, 2.75) is 58.8 Å². The molecule has 0 saturated heterocycles. The van der Waals surface area contributed by atoms with E-state index in [-0.39, 0.29) is 6.61 Å². The summed E-state index contributed by atoms with van der Waals surface area (Å²) in [7, 11) is 0. The molecule has 0 saturated carbocycles. The maximum atomic E-state index is 12.6. The third-order valence-electron chi connectivity index (χ3n) is 4.04. The Bertz CT molecular complexity index is 763. The van der Waals surface area contributed by atoms with E-state index in [0.717, 1.165) is 11.1 Å². The molecule has 0 fully saturated rings. The molecule has 0 bridgehead atoms. The summed E-state index contributed by atoms with van der Waals surface area (Å²) in [6.07, 6.45) is 0.440. The molecule has 1 atom stereocenters. The lowest BCUT2D eigenvalue weighted by atomic mass is 10.0. The third kappa shape index (κ3) is 7.82. The molecule has 2 aromatic carbocycles. The quantitative estimate of drug-likeness (QED) is 0.712. The second-order valence-electron chi connectivity index (χ2n) is 7.82. The van der Waals surface area contributed by atoms with E-state index in [2.05, 4.69) is 5.32 Å². The van der Waals surface area contributed by atoms with Crippen molar-refractivity contribution < 1.29 is 19.1 Å². The van der Waals surface area contributed by atoms with Gasteiger partial charge in [-0.25, -0.2) is 9.59 Å². The van der Waals surface area contributed by atoms with Gasteiger partial charge in [0.05, 0.1) is 0 Å². The second-order valence-corrected chi connectivity index (χ2v) is 7.82. The van der Waals surface area contributed by atoms with Crippen LogP contribution in [-0.2, 0) is 27.3 Å². The summed E-state index contributed by atoms with van der Waals surface area (Å²) in [5, 5.41) is 2.66. The van der Waals surface area contributed by atoms with Gasteiger partial charge in [-0.05, 0) is 51.7 Å². The van der Waals surface area contributed by atoms with Crippen LogP contribution >= 0.6 is 0 Å². The number of carbonyl (C=O) groups is 2.